The van der Waals surface area contributed by atoms with Gasteiger partial charge in [0.15, 0.2) is 5.82 Å². The molecule has 10 heteroatoms. The molecule has 2 heterocycles. The summed E-state index contributed by atoms with van der Waals surface area (Å²) < 4.78 is 7.30. The molecule has 5 rings (SSSR count). The molecule has 36 heavy (non-hydrogen) atoms. The van der Waals surface area contributed by atoms with E-state index in [2.05, 4.69) is 20.6 Å². The van der Waals surface area contributed by atoms with Crippen LogP contribution in [0.3, 0.4) is 0 Å². The van der Waals surface area contributed by atoms with E-state index in [0.717, 1.165) is 11.3 Å². The van der Waals surface area contributed by atoms with Gasteiger partial charge < -0.3 is 4.42 Å². The fourth-order valence-corrected chi connectivity index (χ4v) is 3.46. The van der Waals surface area contributed by atoms with Crippen LogP contribution < -0.4 is 5.43 Å². The van der Waals surface area contributed by atoms with E-state index in [0.29, 0.717) is 22.9 Å². The van der Waals surface area contributed by atoms with Gasteiger partial charge in [0.2, 0.25) is 5.82 Å². The van der Waals surface area contributed by atoms with Crippen molar-refractivity contribution < 1.29 is 14.1 Å². The zero-order valence-electron chi connectivity index (χ0n) is 18.7. The summed E-state index contributed by atoms with van der Waals surface area (Å²) in [5.74, 6) is 0.792. The molecule has 5 aromatic rings. The van der Waals surface area contributed by atoms with E-state index in [-0.39, 0.29) is 11.5 Å². The zero-order valence-corrected chi connectivity index (χ0v) is 18.7. The van der Waals surface area contributed by atoms with E-state index in [1.807, 2.05) is 60.7 Å². The fourth-order valence-electron chi connectivity index (χ4n) is 3.46. The van der Waals surface area contributed by atoms with Crippen molar-refractivity contribution in [3.63, 3.8) is 0 Å². The quantitative estimate of drug-likeness (QED) is 0.202. The Morgan fingerprint density at radius 1 is 0.917 bits per heavy atom. The molecule has 1 amide bonds. The Kier molecular flexibility index (Phi) is 6.14. The van der Waals surface area contributed by atoms with E-state index < -0.39 is 10.8 Å². The van der Waals surface area contributed by atoms with Crippen molar-refractivity contribution in [2.45, 2.75) is 0 Å². The summed E-state index contributed by atoms with van der Waals surface area (Å²) in [5, 5.41) is 19.2. The number of carbonyl (C=O) groups excluding carboxylic acids is 1. The van der Waals surface area contributed by atoms with Crippen LogP contribution in [-0.4, -0.2) is 31.8 Å². The largest absolute Gasteiger partial charge is 0.455 e. The number of furan rings is 1. The number of para-hydroxylation sites is 1. The standard InChI is InChI=1S/C26H18N6O4/c33-26(29-27-17-22-15-16-23(36-22)18-11-13-21(14-12-18)32(34)35)24-28-25(19-7-3-1-4-8-19)31(30-24)20-9-5-2-6-10-20/h1-17H,(H,29,33)/b27-17-. The molecule has 0 radical (unpaired) electrons. The summed E-state index contributed by atoms with van der Waals surface area (Å²) in [6, 6.07) is 28.2. The highest BCUT2D eigenvalue weighted by Gasteiger charge is 2.18. The highest BCUT2D eigenvalue weighted by atomic mass is 16.6. The molecule has 0 fully saturated rings. The van der Waals surface area contributed by atoms with Crippen molar-refractivity contribution in [1.82, 2.24) is 20.2 Å². The maximum Gasteiger partial charge on any atom is 0.311 e. The van der Waals surface area contributed by atoms with Gasteiger partial charge in [-0.05, 0) is 36.4 Å². The molecule has 0 aliphatic rings. The molecule has 0 saturated carbocycles. The molecule has 10 nitrogen and oxygen atoms in total. The lowest BCUT2D eigenvalue weighted by Crippen LogP contribution is -2.19. The number of rotatable bonds is 7. The van der Waals surface area contributed by atoms with Crippen LogP contribution >= 0.6 is 0 Å². The summed E-state index contributed by atoms with van der Waals surface area (Å²) >= 11 is 0. The number of aromatic nitrogens is 3. The minimum absolute atomic E-state index is 0.00598. The van der Waals surface area contributed by atoms with Crippen molar-refractivity contribution in [3.05, 3.63) is 119 Å². The Hall–Kier alpha value is -5.38. The van der Waals surface area contributed by atoms with E-state index in [4.69, 9.17) is 4.42 Å². The smallest absolute Gasteiger partial charge is 0.311 e. The van der Waals surface area contributed by atoms with E-state index in [1.54, 1.807) is 28.9 Å². The van der Waals surface area contributed by atoms with Crippen molar-refractivity contribution in [1.29, 1.82) is 0 Å². The lowest BCUT2D eigenvalue weighted by atomic mass is 10.1. The molecule has 0 aliphatic heterocycles. The lowest BCUT2D eigenvalue weighted by molar-refractivity contribution is -0.384. The molecule has 0 atom stereocenters. The number of nitro groups is 1. The van der Waals surface area contributed by atoms with Crippen molar-refractivity contribution in [2.75, 3.05) is 0 Å². The van der Waals surface area contributed by atoms with Crippen LogP contribution in [0.2, 0.25) is 0 Å². The third kappa shape index (κ3) is 4.77. The second-order valence-electron chi connectivity index (χ2n) is 7.58. The van der Waals surface area contributed by atoms with Gasteiger partial charge >= 0.3 is 5.91 Å². The van der Waals surface area contributed by atoms with Gasteiger partial charge in [-0.15, -0.1) is 5.10 Å². The molecule has 3 aromatic carbocycles. The molecular formula is C26H18N6O4. The van der Waals surface area contributed by atoms with Crippen LogP contribution in [0.15, 0.2) is 107 Å². The van der Waals surface area contributed by atoms with Gasteiger partial charge in [0.05, 0.1) is 16.8 Å². The minimum atomic E-state index is -0.583. The summed E-state index contributed by atoms with van der Waals surface area (Å²) in [4.78, 5) is 27.5. The number of hydrazone groups is 1. The lowest BCUT2D eigenvalue weighted by Gasteiger charge is -2.05. The maximum absolute atomic E-state index is 12.7. The van der Waals surface area contributed by atoms with Crippen LogP contribution in [0.1, 0.15) is 16.4 Å². The normalized spacial score (nSPS) is 11.0. The van der Waals surface area contributed by atoms with Gasteiger partial charge in [-0.1, -0.05) is 48.5 Å². The number of nitrogens with one attached hydrogen (secondary N) is 1. The summed E-state index contributed by atoms with van der Waals surface area (Å²) in [6.45, 7) is 0. The van der Waals surface area contributed by atoms with E-state index in [1.165, 1.54) is 18.3 Å². The molecule has 0 bridgehead atoms. The highest BCUT2D eigenvalue weighted by molar-refractivity contribution is 5.91. The first-order chi connectivity index (χ1) is 17.6. The molecule has 0 saturated heterocycles. The summed E-state index contributed by atoms with van der Waals surface area (Å²) in [5.41, 5.74) is 4.66. The number of non-ortho nitro benzene ring substituents is 1. The Balaban J connectivity index is 1.32. The Morgan fingerprint density at radius 3 is 2.31 bits per heavy atom. The first-order valence-electron chi connectivity index (χ1n) is 10.8. The molecule has 0 unspecified atom stereocenters. The number of nitrogens with zero attached hydrogens (tertiary/aromatic N) is 5. The molecule has 0 spiro atoms. The fraction of sp³-hybridized carbons (Fsp3) is 0. The number of amides is 1. The highest BCUT2D eigenvalue weighted by Crippen LogP contribution is 2.24. The van der Waals surface area contributed by atoms with Gasteiger partial charge in [0.25, 0.3) is 5.69 Å². The predicted molar refractivity (Wildman–Crippen MR) is 133 cm³/mol. The second kappa shape index (κ2) is 9.85. The first-order valence-corrected chi connectivity index (χ1v) is 10.8. The second-order valence-corrected chi connectivity index (χ2v) is 7.58. The Morgan fingerprint density at radius 2 is 1.61 bits per heavy atom. The van der Waals surface area contributed by atoms with Crippen LogP contribution in [0.25, 0.3) is 28.4 Å². The van der Waals surface area contributed by atoms with Crippen LogP contribution in [0.5, 0.6) is 0 Å². The summed E-state index contributed by atoms with van der Waals surface area (Å²) in [6.07, 6.45) is 1.35. The first kappa shape index (κ1) is 22.4. The SMILES string of the molecule is O=C(N/N=C\c1ccc(-c2ccc([N+](=O)[O-])cc2)o1)c1nc(-c2ccccc2)n(-c2ccccc2)n1. The summed E-state index contributed by atoms with van der Waals surface area (Å²) in [7, 11) is 0. The molecular weight excluding hydrogens is 460 g/mol. The number of hydrogen-bond donors (Lipinski definition) is 1. The van der Waals surface area contributed by atoms with E-state index in [9.17, 15) is 14.9 Å². The predicted octanol–water partition coefficient (Wildman–Crippen LogP) is 4.87. The van der Waals surface area contributed by atoms with Gasteiger partial charge in [-0.2, -0.15) is 5.10 Å². The molecule has 2 aromatic heterocycles. The Bertz CT molecular complexity index is 1480. The van der Waals surface area contributed by atoms with E-state index >= 15 is 0 Å². The van der Waals surface area contributed by atoms with Crippen molar-refractivity contribution in [2.24, 2.45) is 5.10 Å². The van der Waals surface area contributed by atoms with Gasteiger partial charge in [0.1, 0.15) is 11.5 Å². The van der Waals surface area contributed by atoms with Crippen LogP contribution in [0.4, 0.5) is 5.69 Å². The third-order valence-corrected chi connectivity index (χ3v) is 5.19. The van der Waals surface area contributed by atoms with Crippen LogP contribution in [0, 0.1) is 10.1 Å². The van der Waals surface area contributed by atoms with Crippen molar-refractivity contribution >= 4 is 17.8 Å². The third-order valence-electron chi connectivity index (χ3n) is 5.19. The topological polar surface area (TPSA) is 128 Å². The monoisotopic (exact) mass is 478 g/mol. The Labute approximate surface area is 204 Å². The van der Waals surface area contributed by atoms with Gasteiger partial charge in [0, 0.05) is 23.3 Å². The van der Waals surface area contributed by atoms with Gasteiger partial charge in [-0.3, -0.25) is 14.9 Å². The maximum atomic E-state index is 12.7. The number of nitro benzene ring substituents is 1. The molecule has 1 N–H and O–H groups in total. The van der Waals surface area contributed by atoms with Crippen LogP contribution in [-0.2, 0) is 0 Å². The molecule has 0 aliphatic carbocycles. The minimum Gasteiger partial charge on any atom is -0.455 e. The number of benzene rings is 3. The average molecular weight is 478 g/mol. The van der Waals surface area contributed by atoms with Crippen molar-refractivity contribution in [3.8, 4) is 28.4 Å². The molecule has 176 valence electrons. The number of carbonyl (C=O) groups is 1. The number of hydrogen-bond acceptors (Lipinski definition) is 7. The average Bonchev–Trinajstić information content (AvgIpc) is 3.58. The van der Waals surface area contributed by atoms with Gasteiger partial charge in [-0.25, -0.2) is 15.1 Å². The zero-order chi connectivity index (χ0) is 24.9.